The fourth-order valence-electron chi connectivity index (χ4n) is 2.07. The first-order chi connectivity index (χ1) is 9.58. The third-order valence-electron chi connectivity index (χ3n) is 3.50. The van der Waals surface area contributed by atoms with Crippen molar-refractivity contribution in [3.63, 3.8) is 0 Å². The van der Waals surface area contributed by atoms with Crippen LogP contribution in [0.5, 0.6) is 0 Å². The van der Waals surface area contributed by atoms with Crippen LogP contribution in [-0.2, 0) is 11.2 Å². The van der Waals surface area contributed by atoms with Crippen molar-refractivity contribution in [2.24, 2.45) is 5.73 Å². The topological polar surface area (TPSA) is 55.1 Å². The quantitative estimate of drug-likeness (QED) is 0.896. The number of aryl methyl sites for hydroxylation is 1. The van der Waals surface area contributed by atoms with Gasteiger partial charge in [0.15, 0.2) is 0 Å². The predicted molar refractivity (Wildman–Crippen MR) is 82.7 cm³/mol. The summed E-state index contributed by atoms with van der Waals surface area (Å²) in [6, 6.07) is 15.1. The number of rotatable bonds is 4. The van der Waals surface area contributed by atoms with Crippen molar-refractivity contribution in [1.29, 1.82) is 0 Å². The number of hydrogen-bond acceptors (Lipinski definition) is 2. The zero-order valence-corrected chi connectivity index (χ0v) is 11.9. The van der Waals surface area contributed by atoms with Gasteiger partial charge in [-0.25, -0.2) is 0 Å². The maximum atomic E-state index is 12.1. The lowest BCUT2D eigenvalue weighted by atomic mass is 10.0. The third kappa shape index (κ3) is 3.45. The van der Waals surface area contributed by atoms with Gasteiger partial charge in [-0.15, -0.1) is 0 Å². The van der Waals surface area contributed by atoms with Crippen LogP contribution in [0.2, 0.25) is 0 Å². The second-order valence-electron chi connectivity index (χ2n) is 5.03. The smallest absolute Gasteiger partial charge is 0.241 e. The number of nitrogens with one attached hydrogen (secondary N) is 1. The average Bonchev–Trinajstić information content (AvgIpc) is 2.45. The van der Waals surface area contributed by atoms with Gasteiger partial charge in [-0.3, -0.25) is 4.79 Å². The highest BCUT2D eigenvalue weighted by Gasteiger charge is 2.15. The van der Waals surface area contributed by atoms with Crippen molar-refractivity contribution in [2.45, 2.75) is 26.3 Å². The van der Waals surface area contributed by atoms with Crippen molar-refractivity contribution in [2.75, 3.05) is 5.32 Å². The van der Waals surface area contributed by atoms with Crippen molar-refractivity contribution in [3.05, 3.63) is 65.2 Å². The monoisotopic (exact) mass is 268 g/mol. The number of anilines is 1. The molecule has 104 valence electrons. The molecule has 2 rings (SSSR count). The van der Waals surface area contributed by atoms with Crippen molar-refractivity contribution in [3.8, 4) is 0 Å². The largest absolute Gasteiger partial charge is 0.324 e. The van der Waals surface area contributed by atoms with Crippen LogP contribution in [-0.4, -0.2) is 11.9 Å². The van der Waals surface area contributed by atoms with Gasteiger partial charge < -0.3 is 11.1 Å². The molecule has 3 heteroatoms. The minimum Gasteiger partial charge on any atom is -0.324 e. The summed E-state index contributed by atoms with van der Waals surface area (Å²) in [5.74, 6) is -0.150. The molecule has 0 saturated heterocycles. The summed E-state index contributed by atoms with van der Waals surface area (Å²) < 4.78 is 0. The zero-order valence-electron chi connectivity index (χ0n) is 11.9. The molecule has 3 N–H and O–H groups in total. The van der Waals surface area contributed by atoms with Gasteiger partial charge in [-0.1, -0.05) is 42.5 Å². The molecule has 0 unspecified atom stereocenters. The van der Waals surface area contributed by atoms with Crippen LogP contribution < -0.4 is 11.1 Å². The van der Waals surface area contributed by atoms with Gasteiger partial charge in [0.1, 0.15) is 0 Å². The van der Waals surface area contributed by atoms with Crippen LogP contribution in [0, 0.1) is 13.8 Å². The summed E-state index contributed by atoms with van der Waals surface area (Å²) in [4.78, 5) is 12.1. The van der Waals surface area contributed by atoms with Crippen LogP contribution in [0.25, 0.3) is 0 Å². The molecule has 0 radical (unpaired) electrons. The van der Waals surface area contributed by atoms with E-state index in [0.717, 1.165) is 22.4 Å². The van der Waals surface area contributed by atoms with Gasteiger partial charge in [0.05, 0.1) is 6.04 Å². The van der Waals surface area contributed by atoms with Gasteiger partial charge in [0.2, 0.25) is 5.91 Å². The molecule has 2 aromatic rings. The Morgan fingerprint density at radius 2 is 1.80 bits per heavy atom. The minimum absolute atomic E-state index is 0.150. The van der Waals surface area contributed by atoms with Crippen LogP contribution in [0.15, 0.2) is 48.5 Å². The molecule has 0 bridgehead atoms. The van der Waals surface area contributed by atoms with E-state index in [9.17, 15) is 4.79 Å². The van der Waals surface area contributed by atoms with Gasteiger partial charge in [-0.05, 0) is 43.0 Å². The first-order valence-corrected chi connectivity index (χ1v) is 6.74. The third-order valence-corrected chi connectivity index (χ3v) is 3.50. The normalized spacial score (nSPS) is 11.9. The maximum Gasteiger partial charge on any atom is 0.241 e. The standard InChI is InChI=1S/C17H20N2O/c1-12-7-6-10-16(13(12)2)19-17(20)15(18)11-14-8-4-3-5-9-14/h3-10,15H,11,18H2,1-2H3,(H,19,20)/t15-/m1/s1. The molecule has 0 fully saturated rings. The Labute approximate surface area is 119 Å². The van der Waals surface area contributed by atoms with Gasteiger partial charge in [0, 0.05) is 5.69 Å². The second-order valence-corrected chi connectivity index (χ2v) is 5.03. The highest BCUT2D eigenvalue weighted by atomic mass is 16.2. The lowest BCUT2D eigenvalue weighted by Crippen LogP contribution is -2.37. The molecule has 0 aliphatic heterocycles. The SMILES string of the molecule is Cc1cccc(NC(=O)[C@H](N)Cc2ccccc2)c1C. The van der Waals surface area contributed by atoms with Gasteiger partial charge in [-0.2, -0.15) is 0 Å². The van der Waals surface area contributed by atoms with Crippen LogP contribution in [0.1, 0.15) is 16.7 Å². The van der Waals surface area contributed by atoms with Crippen LogP contribution >= 0.6 is 0 Å². The van der Waals surface area contributed by atoms with E-state index in [-0.39, 0.29) is 5.91 Å². The molecule has 1 atom stereocenters. The number of nitrogens with two attached hydrogens (primary N) is 1. The van der Waals surface area contributed by atoms with E-state index in [1.807, 2.05) is 62.4 Å². The molecule has 3 nitrogen and oxygen atoms in total. The number of amides is 1. The van der Waals surface area contributed by atoms with E-state index in [2.05, 4.69) is 5.32 Å². The average molecular weight is 268 g/mol. The Bertz CT molecular complexity index is 593. The molecular weight excluding hydrogens is 248 g/mol. The molecule has 20 heavy (non-hydrogen) atoms. The van der Waals surface area contributed by atoms with E-state index >= 15 is 0 Å². The Morgan fingerprint density at radius 3 is 2.50 bits per heavy atom. The number of benzene rings is 2. The Kier molecular flexibility index (Phi) is 4.53. The molecule has 1 amide bonds. The summed E-state index contributed by atoms with van der Waals surface area (Å²) in [5, 5.41) is 2.91. The first kappa shape index (κ1) is 14.3. The number of carbonyl (C=O) groups excluding carboxylic acids is 1. The molecule has 0 heterocycles. The van der Waals surface area contributed by atoms with E-state index in [1.165, 1.54) is 0 Å². The summed E-state index contributed by atoms with van der Waals surface area (Å²) in [6.45, 7) is 4.02. The molecule has 0 saturated carbocycles. The molecular formula is C17H20N2O. The molecule has 0 aliphatic rings. The second kappa shape index (κ2) is 6.35. The molecule has 0 spiro atoms. The minimum atomic E-state index is -0.544. The van der Waals surface area contributed by atoms with E-state index in [0.29, 0.717) is 6.42 Å². The first-order valence-electron chi connectivity index (χ1n) is 6.74. The lowest BCUT2D eigenvalue weighted by Gasteiger charge is -2.14. The fourth-order valence-corrected chi connectivity index (χ4v) is 2.07. The lowest BCUT2D eigenvalue weighted by molar-refractivity contribution is -0.117. The highest BCUT2D eigenvalue weighted by molar-refractivity contribution is 5.95. The highest BCUT2D eigenvalue weighted by Crippen LogP contribution is 2.18. The molecule has 0 aliphatic carbocycles. The Morgan fingerprint density at radius 1 is 1.10 bits per heavy atom. The Hall–Kier alpha value is -2.13. The zero-order chi connectivity index (χ0) is 14.5. The van der Waals surface area contributed by atoms with Crippen LogP contribution in [0.4, 0.5) is 5.69 Å². The number of carbonyl (C=O) groups is 1. The summed E-state index contributed by atoms with van der Waals surface area (Å²) >= 11 is 0. The van der Waals surface area contributed by atoms with Gasteiger partial charge >= 0.3 is 0 Å². The predicted octanol–water partition coefficient (Wildman–Crippen LogP) is 2.81. The van der Waals surface area contributed by atoms with E-state index in [4.69, 9.17) is 5.73 Å². The van der Waals surface area contributed by atoms with Crippen molar-refractivity contribution in [1.82, 2.24) is 0 Å². The van der Waals surface area contributed by atoms with Gasteiger partial charge in [0.25, 0.3) is 0 Å². The van der Waals surface area contributed by atoms with Crippen molar-refractivity contribution >= 4 is 11.6 Å². The van der Waals surface area contributed by atoms with E-state index in [1.54, 1.807) is 0 Å². The van der Waals surface area contributed by atoms with E-state index < -0.39 is 6.04 Å². The maximum absolute atomic E-state index is 12.1. The fraction of sp³-hybridized carbons (Fsp3) is 0.235. The molecule has 2 aromatic carbocycles. The Balaban J connectivity index is 2.03. The summed E-state index contributed by atoms with van der Waals surface area (Å²) in [7, 11) is 0. The molecule has 0 aromatic heterocycles. The summed E-state index contributed by atoms with van der Waals surface area (Å²) in [5.41, 5.74) is 10.1. The van der Waals surface area contributed by atoms with Crippen molar-refractivity contribution < 1.29 is 4.79 Å². The van der Waals surface area contributed by atoms with Crippen LogP contribution in [0.3, 0.4) is 0 Å². The summed E-state index contributed by atoms with van der Waals surface area (Å²) in [6.07, 6.45) is 0.539. The number of hydrogen-bond donors (Lipinski definition) is 2.